The summed E-state index contributed by atoms with van der Waals surface area (Å²) in [4.78, 5) is 11.1. The molecule has 1 aromatic carbocycles. The first-order chi connectivity index (χ1) is 7.00. The fourth-order valence-electron chi connectivity index (χ4n) is 1.59. The van der Waals surface area contributed by atoms with Gasteiger partial charge in [0.1, 0.15) is 5.78 Å². The van der Waals surface area contributed by atoms with Crippen LogP contribution in [0, 0.1) is 12.8 Å². The number of hydrogen-bond acceptors (Lipinski definition) is 1. The molecular formula is C14H19O. The number of benzene rings is 1. The van der Waals surface area contributed by atoms with Crippen molar-refractivity contribution in [1.29, 1.82) is 0 Å². The molecule has 1 nitrogen and oxygen atoms in total. The standard InChI is InChI=1S/C14H19O/c1-10(2)9-13-5-7-14(8-6-13)11(3)12(4)15/h5-8,10-11H,3,9H2,1-2,4H3/t11-/m0/s1. The van der Waals surface area contributed by atoms with Gasteiger partial charge in [-0.1, -0.05) is 38.1 Å². The van der Waals surface area contributed by atoms with Gasteiger partial charge in [0, 0.05) is 5.92 Å². The molecule has 1 heteroatoms. The second-order valence-electron chi connectivity index (χ2n) is 4.50. The maximum atomic E-state index is 11.1. The molecule has 0 bridgehead atoms. The minimum absolute atomic E-state index is 0.117. The third-order valence-corrected chi connectivity index (χ3v) is 2.52. The summed E-state index contributed by atoms with van der Waals surface area (Å²) in [7, 11) is 0. The van der Waals surface area contributed by atoms with Crippen LogP contribution in [0.25, 0.3) is 0 Å². The minimum atomic E-state index is -0.224. The molecule has 0 aliphatic carbocycles. The van der Waals surface area contributed by atoms with Crippen LogP contribution in [0.1, 0.15) is 37.8 Å². The summed E-state index contributed by atoms with van der Waals surface area (Å²) in [5, 5.41) is 0. The first-order valence-electron chi connectivity index (χ1n) is 5.43. The molecular weight excluding hydrogens is 184 g/mol. The van der Waals surface area contributed by atoms with Gasteiger partial charge in [0.25, 0.3) is 0 Å². The molecule has 0 amide bonds. The van der Waals surface area contributed by atoms with Crippen LogP contribution < -0.4 is 0 Å². The average molecular weight is 203 g/mol. The zero-order valence-corrected chi connectivity index (χ0v) is 9.79. The Morgan fingerprint density at radius 1 is 1.27 bits per heavy atom. The van der Waals surface area contributed by atoms with Crippen molar-refractivity contribution in [3.63, 3.8) is 0 Å². The number of carbonyl (C=O) groups is 1. The number of carbonyl (C=O) groups excluding carboxylic acids is 1. The smallest absolute Gasteiger partial charge is 0.137 e. The Bertz CT molecular complexity index is 322. The van der Waals surface area contributed by atoms with E-state index in [1.807, 2.05) is 12.1 Å². The van der Waals surface area contributed by atoms with Crippen LogP contribution in [0.3, 0.4) is 0 Å². The lowest BCUT2D eigenvalue weighted by molar-refractivity contribution is -0.117. The van der Waals surface area contributed by atoms with E-state index in [1.54, 1.807) is 6.92 Å². The van der Waals surface area contributed by atoms with E-state index in [4.69, 9.17) is 0 Å². The molecule has 1 rings (SSSR count). The predicted octanol–water partition coefficient (Wildman–Crippen LogP) is 3.39. The summed E-state index contributed by atoms with van der Waals surface area (Å²) < 4.78 is 0. The van der Waals surface area contributed by atoms with Crippen molar-refractivity contribution in [2.75, 3.05) is 0 Å². The third-order valence-electron chi connectivity index (χ3n) is 2.52. The first-order valence-corrected chi connectivity index (χ1v) is 5.43. The second-order valence-corrected chi connectivity index (χ2v) is 4.50. The third kappa shape index (κ3) is 3.50. The topological polar surface area (TPSA) is 17.1 Å². The van der Waals surface area contributed by atoms with Gasteiger partial charge in [-0.2, -0.15) is 0 Å². The highest BCUT2D eigenvalue weighted by Crippen LogP contribution is 2.17. The highest BCUT2D eigenvalue weighted by molar-refractivity contribution is 5.84. The number of ketones is 1. The lowest BCUT2D eigenvalue weighted by Gasteiger charge is -2.09. The Kier molecular flexibility index (Phi) is 4.07. The zero-order chi connectivity index (χ0) is 11.4. The maximum Gasteiger partial charge on any atom is 0.137 e. The van der Waals surface area contributed by atoms with Gasteiger partial charge in [-0.3, -0.25) is 4.79 Å². The monoisotopic (exact) mass is 203 g/mol. The second kappa shape index (κ2) is 5.11. The normalized spacial score (nSPS) is 12.9. The van der Waals surface area contributed by atoms with Gasteiger partial charge >= 0.3 is 0 Å². The van der Waals surface area contributed by atoms with Crippen LogP contribution in [0.2, 0.25) is 0 Å². The zero-order valence-electron chi connectivity index (χ0n) is 9.79. The van der Waals surface area contributed by atoms with Gasteiger partial charge in [-0.25, -0.2) is 0 Å². The van der Waals surface area contributed by atoms with Crippen LogP contribution in [0.5, 0.6) is 0 Å². The van der Waals surface area contributed by atoms with E-state index in [-0.39, 0.29) is 11.7 Å². The molecule has 0 spiro atoms. The van der Waals surface area contributed by atoms with E-state index in [9.17, 15) is 4.79 Å². The van der Waals surface area contributed by atoms with Crippen LogP contribution in [0.15, 0.2) is 24.3 Å². The molecule has 81 valence electrons. The molecule has 15 heavy (non-hydrogen) atoms. The van der Waals surface area contributed by atoms with Crippen molar-refractivity contribution in [2.45, 2.75) is 33.1 Å². The van der Waals surface area contributed by atoms with Gasteiger partial charge in [0.15, 0.2) is 0 Å². The molecule has 0 saturated heterocycles. The summed E-state index contributed by atoms with van der Waals surface area (Å²) in [6.07, 6.45) is 1.09. The van der Waals surface area contributed by atoms with Gasteiger partial charge < -0.3 is 0 Å². The van der Waals surface area contributed by atoms with E-state index < -0.39 is 0 Å². The van der Waals surface area contributed by atoms with Crippen molar-refractivity contribution in [1.82, 2.24) is 0 Å². The number of Topliss-reactive ketones (excluding diaryl/α,β-unsaturated/α-hetero) is 1. The van der Waals surface area contributed by atoms with Crippen molar-refractivity contribution >= 4 is 5.78 Å². The van der Waals surface area contributed by atoms with Crippen molar-refractivity contribution in [2.24, 2.45) is 5.92 Å². The van der Waals surface area contributed by atoms with E-state index in [1.165, 1.54) is 5.56 Å². The Labute approximate surface area is 92.5 Å². The van der Waals surface area contributed by atoms with Crippen molar-refractivity contribution in [3.8, 4) is 0 Å². The van der Waals surface area contributed by atoms with E-state index in [2.05, 4.69) is 32.9 Å². The predicted molar refractivity (Wildman–Crippen MR) is 63.8 cm³/mol. The van der Waals surface area contributed by atoms with Crippen LogP contribution in [0.4, 0.5) is 0 Å². The SMILES string of the molecule is [CH2][C@@H](C(C)=O)c1ccc(CC(C)C)cc1. The summed E-state index contributed by atoms with van der Waals surface area (Å²) in [6.45, 7) is 9.84. The Hall–Kier alpha value is -1.11. The molecule has 0 aliphatic heterocycles. The van der Waals surface area contributed by atoms with E-state index in [0.717, 1.165) is 12.0 Å². The molecule has 1 atom stereocenters. The number of rotatable bonds is 4. The summed E-state index contributed by atoms with van der Waals surface area (Å²) in [5.74, 6) is 0.559. The minimum Gasteiger partial charge on any atom is -0.299 e. The largest absolute Gasteiger partial charge is 0.299 e. The summed E-state index contributed by atoms with van der Waals surface area (Å²) in [6, 6.07) is 8.21. The van der Waals surface area contributed by atoms with Crippen molar-refractivity contribution in [3.05, 3.63) is 42.3 Å². The van der Waals surface area contributed by atoms with Gasteiger partial charge in [0.05, 0.1) is 0 Å². The molecule has 1 aromatic rings. The Morgan fingerprint density at radius 2 is 1.80 bits per heavy atom. The van der Waals surface area contributed by atoms with Gasteiger partial charge in [-0.15, -0.1) is 0 Å². The molecule has 0 aliphatic rings. The van der Waals surface area contributed by atoms with E-state index >= 15 is 0 Å². The summed E-state index contributed by atoms with van der Waals surface area (Å²) >= 11 is 0. The average Bonchev–Trinajstić information content (AvgIpc) is 2.17. The summed E-state index contributed by atoms with van der Waals surface area (Å²) in [5.41, 5.74) is 2.33. The molecule has 1 radical (unpaired) electrons. The van der Waals surface area contributed by atoms with Crippen LogP contribution in [-0.4, -0.2) is 5.78 Å². The fourth-order valence-corrected chi connectivity index (χ4v) is 1.59. The fraction of sp³-hybridized carbons (Fsp3) is 0.429. The molecule has 0 saturated carbocycles. The van der Waals surface area contributed by atoms with Crippen molar-refractivity contribution < 1.29 is 4.79 Å². The first kappa shape index (κ1) is 12.0. The molecule has 0 N–H and O–H groups in total. The molecule has 0 aromatic heterocycles. The van der Waals surface area contributed by atoms with Gasteiger partial charge in [0.2, 0.25) is 0 Å². The lowest BCUT2D eigenvalue weighted by Crippen LogP contribution is -2.04. The highest BCUT2D eigenvalue weighted by atomic mass is 16.1. The maximum absolute atomic E-state index is 11.1. The van der Waals surface area contributed by atoms with E-state index in [0.29, 0.717) is 5.92 Å². The van der Waals surface area contributed by atoms with Crippen LogP contribution >= 0.6 is 0 Å². The molecule has 0 unspecified atom stereocenters. The number of hydrogen-bond donors (Lipinski definition) is 0. The Morgan fingerprint density at radius 3 is 2.20 bits per heavy atom. The van der Waals surface area contributed by atoms with Gasteiger partial charge in [-0.05, 0) is 37.3 Å². The highest BCUT2D eigenvalue weighted by Gasteiger charge is 2.10. The molecule has 0 heterocycles. The molecule has 0 fully saturated rings. The Balaban J connectivity index is 2.76. The quantitative estimate of drug-likeness (QED) is 0.733. The van der Waals surface area contributed by atoms with Crippen LogP contribution in [-0.2, 0) is 11.2 Å². The lowest BCUT2D eigenvalue weighted by atomic mass is 9.95.